The number of aromatic carboxylic acids is 1. The van der Waals surface area contributed by atoms with Crippen LogP contribution < -0.4 is 16.0 Å². The summed E-state index contributed by atoms with van der Waals surface area (Å²) in [6.45, 7) is 0. The largest absolute Gasteiger partial charge is 0.478 e. The summed E-state index contributed by atoms with van der Waals surface area (Å²) < 4.78 is 14.5. The van der Waals surface area contributed by atoms with Gasteiger partial charge in [-0.15, -0.1) is 11.8 Å². The van der Waals surface area contributed by atoms with Gasteiger partial charge in [0.15, 0.2) is 0 Å². The zero-order valence-electron chi connectivity index (χ0n) is 25.0. The number of benzene rings is 5. The van der Waals surface area contributed by atoms with E-state index in [1.807, 2.05) is 30.3 Å². The van der Waals surface area contributed by atoms with Crippen molar-refractivity contribution in [1.82, 2.24) is 5.32 Å². The standard InChI is InChI=1S/C37H27ClFN3O5S/c38-30-20-17-27(22-29(30)37(46)47)41-36(45)33(23-9-3-1-4-10-23)48-28-18-15-26(16-19-28)40-35(44)32(21-25-13-7-8-14-31(25)39)42-34(43)24-11-5-2-6-12-24/h1-22,33H,(H,40,44)(H,41,45)(H,42,43)(H,46,47)/b32-21-. The van der Waals surface area contributed by atoms with E-state index in [4.69, 9.17) is 11.6 Å². The summed E-state index contributed by atoms with van der Waals surface area (Å²) in [5, 5.41) is 16.8. The van der Waals surface area contributed by atoms with Gasteiger partial charge in [0.25, 0.3) is 11.8 Å². The van der Waals surface area contributed by atoms with Crippen LogP contribution in [0.4, 0.5) is 15.8 Å². The van der Waals surface area contributed by atoms with Gasteiger partial charge in [-0.2, -0.15) is 0 Å². The molecule has 1 atom stereocenters. The van der Waals surface area contributed by atoms with Crippen molar-refractivity contribution >= 4 is 64.5 Å². The Morgan fingerprint density at radius 2 is 1.38 bits per heavy atom. The van der Waals surface area contributed by atoms with Crippen molar-refractivity contribution in [3.63, 3.8) is 0 Å². The third-order valence-electron chi connectivity index (χ3n) is 6.90. The second-order valence-electron chi connectivity index (χ2n) is 10.3. The molecule has 0 aromatic heterocycles. The second-order valence-corrected chi connectivity index (χ2v) is 11.9. The number of halogens is 2. The topological polar surface area (TPSA) is 125 Å². The molecule has 5 aromatic carbocycles. The maximum atomic E-state index is 14.5. The van der Waals surface area contributed by atoms with E-state index < -0.39 is 28.9 Å². The number of carboxylic acid groups (broad SMARTS) is 1. The Balaban J connectivity index is 1.34. The molecule has 11 heteroatoms. The van der Waals surface area contributed by atoms with Crippen molar-refractivity contribution in [2.45, 2.75) is 10.1 Å². The lowest BCUT2D eigenvalue weighted by atomic mass is 10.1. The molecule has 0 fully saturated rings. The van der Waals surface area contributed by atoms with E-state index >= 15 is 0 Å². The first-order valence-electron chi connectivity index (χ1n) is 14.5. The Bertz CT molecular complexity index is 1990. The summed E-state index contributed by atoms with van der Waals surface area (Å²) in [6.07, 6.45) is 1.26. The molecule has 0 saturated carbocycles. The normalized spacial score (nSPS) is 11.7. The number of carboxylic acids is 1. The molecule has 0 heterocycles. The van der Waals surface area contributed by atoms with Gasteiger partial charge in [0.1, 0.15) is 16.8 Å². The number of thioether (sulfide) groups is 1. The number of rotatable bonds is 11. The van der Waals surface area contributed by atoms with Crippen LogP contribution in [0.2, 0.25) is 5.02 Å². The average Bonchev–Trinajstić information content (AvgIpc) is 3.10. The lowest BCUT2D eigenvalue weighted by Gasteiger charge is -2.18. The summed E-state index contributed by atoms with van der Waals surface area (Å²) >= 11 is 7.23. The average molecular weight is 680 g/mol. The summed E-state index contributed by atoms with van der Waals surface area (Å²) in [5.74, 6) is -3.38. The van der Waals surface area contributed by atoms with Crippen molar-refractivity contribution in [3.8, 4) is 0 Å². The van der Waals surface area contributed by atoms with E-state index in [1.165, 1.54) is 54.2 Å². The van der Waals surface area contributed by atoms with Gasteiger partial charge in [-0.05, 0) is 72.3 Å². The zero-order chi connectivity index (χ0) is 34.0. The Morgan fingerprint density at radius 3 is 2.04 bits per heavy atom. The Labute approximate surface area is 284 Å². The van der Waals surface area contributed by atoms with Gasteiger partial charge in [0.05, 0.1) is 10.6 Å². The number of carbonyl (C=O) groups is 4. The van der Waals surface area contributed by atoms with Gasteiger partial charge in [0, 0.05) is 27.4 Å². The number of hydrogen-bond donors (Lipinski definition) is 4. The van der Waals surface area contributed by atoms with Crippen molar-refractivity contribution in [1.29, 1.82) is 0 Å². The predicted molar refractivity (Wildman–Crippen MR) is 185 cm³/mol. The summed E-state index contributed by atoms with van der Waals surface area (Å²) in [5.41, 5.74) is 1.51. The molecule has 0 aliphatic carbocycles. The van der Waals surface area contributed by atoms with Crippen LogP contribution in [-0.4, -0.2) is 28.8 Å². The van der Waals surface area contributed by atoms with Gasteiger partial charge in [0.2, 0.25) is 5.91 Å². The number of amides is 3. The molecule has 8 nitrogen and oxygen atoms in total. The van der Waals surface area contributed by atoms with Gasteiger partial charge in [-0.3, -0.25) is 14.4 Å². The maximum Gasteiger partial charge on any atom is 0.337 e. The third kappa shape index (κ3) is 8.75. The number of hydrogen-bond acceptors (Lipinski definition) is 5. The molecule has 0 radical (unpaired) electrons. The van der Waals surface area contributed by atoms with Crippen molar-refractivity contribution in [2.75, 3.05) is 10.6 Å². The molecule has 240 valence electrons. The molecule has 0 aliphatic rings. The van der Waals surface area contributed by atoms with Crippen LogP contribution in [0.1, 0.15) is 37.1 Å². The van der Waals surface area contributed by atoms with E-state index in [2.05, 4.69) is 16.0 Å². The van der Waals surface area contributed by atoms with Crippen molar-refractivity contribution in [3.05, 3.63) is 166 Å². The molecule has 0 spiro atoms. The Morgan fingerprint density at radius 1 is 0.750 bits per heavy atom. The van der Waals surface area contributed by atoms with Gasteiger partial charge in [-0.25, -0.2) is 9.18 Å². The van der Waals surface area contributed by atoms with Crippen LogP contribution in [-0.2, 0) is 9.59 Å². The smallest absolute Gasteiger partial charge is 0.337 e. The molecular weight excluding hydrogens is 653 g/mol. The minimum Gasteiger partial charge on any atom is -0.478 e. The summed E-state index contributed by atoms with van der Waals surface area (Å²) in [7, 11) is 0. The number of anilines is 2. The molecule has 1 unspecified atom stereocenters. The second kappa shape index (κ2) is 15.7. The van der Waals surface area contributed by atoms with E-state index in [0.29, 0.717) is 21.7 Å². The van der Waals surface area contributed by atoms with Crippen LogP contribution >= 0.6 is 23.4 Å². The fourth-order valence-electron chi connectivity index (χ4n) is 4.52. The van der Waals surface area contributed by atoms with Gasteiger partial charge >= 0.3 is 5.97 Å². The molecular formula is C37H27ClFN3O5S. The molecule has 4 N–H and O–H groups in total. The highest BCUT2D eigenvalue weighted by atomic mass is 35.5. The first-order valence-corrected chi connectivity index (χ1v) is 15.7. The quantitative estimate of drug-likeness (QED) is 0.0827. The highest BCUT2D eigenvalue weighted by Gasteiger charge is 2.23. The zero-order valence-corrected chi connectivity index (χ0v) is 26.6. The Hall–Kier alpha value is -5.71. The molecule has 5 aromatic rings. The van der Waals surface area contributed by atoms with Crippen molar-refractivity contribution < 1.29 is 28.7 Å². The van der Waals surface area contributed by atoms with Crippen LogP contribution in [0.3, 0.4) is 0 Å². The van der Waals surface area contributed by atoms with Crippen LogP contribution in [0.15, 0.2) is 138 Å². The number of carbonyl (C=O) groups excluding carboxylic acids is 3. The van der Waals surface area contributed by atoms with Gasteiger partial charge in [-0.1, -0.05) is 78.3 Å². The lowest BCUT2D eigenvalue weighted by Crippen LogP contribution is -2.30. The van der Waals surface area contributed by atoms with Crippen molar-refractivity contribution in [2.24, 2.45) is 0 Å². The highest BCUT2D eigenvalue weighted by Crippen LogP contribution is 2.37. The molecule has 48 heavy (non-hydrogen) atoms. The molecule has 3 amide bonds. The van der Waals surface area contributed by atoms with E-state index in [0.717, 1.165) is 0 Å². The van der Waals surface area contributed by atoms with Gasteiger partial charge < -0.3 is 21.1 Å². The fourth-order valence-corrected chi connectivity index (χ4v) is 5.74. The van der Waals surface area contributed by atoms with E-state index in [-0.39, 0.29) is 33.4 Å². The molecule has 0 aliphatic heterocycles. The predicted octanol–water partition coefficient (Wildman–Crippen LogP) is 8.06. The SMILES string of the molecule is O=C(Nc1ccc(SC(C(=O)Nc2ccc(Cl)c(C(=O)O)c2)c2ccccc2)cc1)/C(=C/c1ccccc1F)NC(=O)c1ccccc1. The van der Waals surface area contributed by atoms with E-state index in [1.54, 1.807) is 60.7 Å². The highest BCUT2D eigenvalue weighted by molar-refractivity contribution is 8.00. The van der Waals surface area contributed by atoms with Crippen LogP contribution in [0.5, 0.6) is 0 Å². The maximum absolute atomic E-state index is 14.5. The molecule has 5 rings (SSSR count). The third-order valence-corrected chi connectivity index (χ3v) is 8.50. The lowest BCUT2D eigenvalue weighted by molar-refractivity contribution is -0.116. The Kier molecular flexibility index (Phi) is 11.0. The fraction of sp³-hybridized carbons (Fsp3) is 0.0270. The minimum absolute atomic E-state index is 0.0510. The molecule has 0 saturated heterocycles. The summed E-state index contributed by atoms with van der Waals surface area (Å²) in [6, 6.07) is 34.2. The van der Waals surface area contributed by atoms with E-state index in [9.17, 15) is 28.7 Å². The monoisotopic (exact) mass is 679 g/mol. The first kappa shape index (κ1) is 33.6. The minimum atomic E-state index is -1.22. The number of nitrogens with one attached hydrogen (secondary N) is 3. The first-order chi connectivity index (χ1) is 23.2. The summed E-state index contributed by atoms with van der Waals surface area (Å²) in [4.78, 5) is 52.0. The van der Waals surface area contributed by atoms with Crippen LogP contribution in [0.25, 0.3) is 6.08 Å². The molecule has 0 bridgehead atoms. The van der Waals surface area contributed by atoms with Crippen LogP contribution in [0, 0.1) is 5.82 Å².